The highest BCUT2D eigenvalue weighted by Gasteiger charge is 2.31. The summed E-state index contributed by atoms with van der Waals surface area (Å²) in [6.45, 7) is 0. The third kappa shape index (κ3) is 3.09. The van der Waals surface area contributed by atoms with Crippen LogP contribution in [0.1, 0.15) is 11.1 Å². The second kappa shape index (κ2) is 7.23. The van der Waals surface area contributed by atoms with Crippen molar-refractivity contribution in [3.8, 4) is 17.2 Å². The zero-order valence-electron chi connectivity index (χ0n) is 14.6. The van der Waals surface area contributed by atoms with Crippen molar-refractivity contribution in [3.63, 3.8) is 0 Å². The van der Waals surface area contributed by atoms with Gasteiger partial charge in [0, 0.05) is 11.6 Å². The topological polar surface area (TPSA) is 74.2 Å². The Balaban J connectivity index is 2.08. The van der Waals surface area contributed by atoms with Gasteiger partial charge in [-0.1, -0.05) is 30.3 Å². The number of aliphatic hydroxyl groups excluding tert-OH is 1. The summed E-state index contributed by atoms with van der Waals surface area (Å²) in [7, 11) is 4.55. The summed E-state index contributed by atoms with van der Waals surface area (Å²) >= 11 is 0. The lowest BCUT2D eigenvalue weighted by atomic mass is 10.0. The molecule has 0 bridgehead atoms. The van der Waals surface area contributed by atoms with E-state index in [1.165, 1.54) is 27.4 Å². The lowest BCUT2D eigenvalue weighted by Gasteiger charge is -2.12. The fourth-order valence-electron chi connectivity index (χ4n) is 2.68. The Kier molecular flexibility index (Phi) is 4.84. The smallest absolute Gasteiger partial charge is 0.348 e. The fourth-order valence-corrected chi connectivity index (χ4v) is 2.68. The molecule has 0 saturated carbocycles. The summed E-state index contributed by atoms with van der Waals surface area (Å²) < 4.78 is 21.1. The van der Waals surface area contributed by atoms with Crippen molar-refractivity contribution in [2.75, 3.05) is 21.3 Å². The Bertz CT molecular complexity index is 896. The maximum absolute atomic E-state index is 12.2. The van der Waals surface area contributed by atoms with Crippen LogP contribution >= 0.6 is 0 Å². The van der Waals surface area contributed by atoms with Crippen molar-refractivity contribution in [1.82, 2.24) is 0 Å². The van der Waals surface area contributed by atoms with Crippen molar-refractivity contribution < 1.29 is 28.8 Å². The van der Waals surface area contributed by atoms with E-state index in [-0.39, 0.29) is 17.1 Å². The number of aliphatic hydroxyl groups is 1. The first-order chi connectivity index (χ1) is 12.6. The number of hydrogen-bond donors (Lipinski definition) is 1. The molecule has 0 aliphatic carbocycles. The van der Waals surface area contributed by atoms with E-state index >= 15 is 0 Å². The van der Waals surface area contributed by atoms with Crippen LogP contribution in [0.25, 0.3) is 11.6 Å². The minimum Gasteiger partial charge on any atom is -0.504 e. The van der Waals surface area contributed by atoms with Crippen molar-refractivity contribution in [3.05, 3.63) is 65.1 Å². The zero-order valence-corrected chi connectivity index (χ0v) is 14.6. The van der Waals surface area contributed by atoms with Crippen LogP contribution in [0.2, 0.25) is 0 Å². The zero-order chi connectivity index (χ0) is 18.7. The number of benzene rings is 2. The summed E-state index contributed by atoms with van der Waals surface area (Å²) in [5.41, 5.74) is 1.27. The second-order valence-corrected chi connectivity index (χ2v) is 5.44. The molecule has 2 aromatic carbocycles. The van der Waals surface area contributed by atoms with E-state index < -0.39 is 5.97 Å². The molecule has 26 heavy (non-hydrogen) atoms. The maximum Gasteiger partial charge on any atom is 0.348 e. The predicted molar refractivity (Wildman–Crippen MR) is 96.2 cm³/mol. The van der Waals surface area contributed by atoms with Gasteiger partial charge in [0.2, 0.25) is 0 Å². The van der Waals surface area contributed by atoms with E-state index in [1.54, 1.807) is 36.4 Å². The SMILES string of the molecule is COc1cc(OC)c(OC)cc1/C=C1\OC(=O)C(c2ccccc2)=C1O. The maximum atomic E-state index is 12.2. The summed E-state index contributed by atoms with van der Waals surface area (Å²) in [5.74, 6) is 0.667. The standard InChI is InChI=1S/C20H18O6/c1-23-14-11-16(25-3)15(24-2)9-13(14)10-17-19(21)18(20(22)26-17)12-7-5-4-6-8-12/h4-11,21H,1-3H3/b17-10-. The van der Waals surface area contributed by atoms with Crippen LogP contribution in [0, 0.1) is 0 Å². The summed E-state index contributed by atoms with van der Waals surface area (Å²) in [5, 5.41) is 10.5. The van der Waals surface area contributed by atoms with Crippen molar-refractivity contribution in [2.45, 2.75) is 0 Å². The summed E-state index contributed by atoms with van der Waals surface area (Å²) in [6, 6.07) is 12.2. The van der Waals surface area contributed by atoms with Crippen molar-refractivity contribution >= 4 is 17.6 Å². The van der Waals surface area contributed by atoms with Crippen LogP contribution in [0.15, 0.2) is 54.0 Å². The quantitative estimate of drug-likeness (QED) is 0.828. The molecule has 2 aromatic rings. The number of carbonyl (C=O) groups is 1. The minimum absolute atomic E-state index is 0.0411. The summed E-state index contributed by atoms with van der Waals surface area (Å²) in [4.78, 5) is 12.2. The molecule has 0 fully saturated rings. The molecule has 0 unspecified atom stereocenters. The first kappa shape index (κ1) is 17.4. The van der Waals surface area contributed by atoms with Gasteiger partial charge in [0.1, 0.15) is 11.3 Å². The van der Waals surface area contributed by atoms with Gasteiger partial charge in [0.25, 0.3) is 0 Å². The molecular formula is C20H18O6. The molecule has 3 rings (SSSR count). The molecular weight excluding hydrogens is 336 g/mol. The van der Waals surface area contributed by atoms with E-state index in [4.69, 9.17) is 18.9 Å². The van der Waals surface area contributed by atoms with Gasteiger partial charge in [-0.25, -0.2) is 4.79 Å². The van der Waals surface area contributed by atoms with Crippen LogP contribution < -0.4 is 14.2 Å². The number of methoxy groups -OCH3 is 3. The van der Waals surface area contributed by atoms with Gasteiger partial charge < -0.3 is 24.1 Å². The first-order valence-corrected chi connectivity index (χ1v) is 7.82. The average molecular weight is 354 g/mol. The number of carbonyl (C=O) groups excluding carboxylic acids is 1. The van der Waals surface area contributed by atoms with Gasteiger partial charge in [-0.2, -0.15) is 0 Å². The molecule has 0 amide bonds. The Morgan fingerprint density at radius 1 is 0.923 bits per heavy atom. The highest BCUT2D eigenvalue weighted by Crippen LogP contribution is 2.38. The molecule has 134 valence electrons. The average Bonchev–Trinajstić information content (AvgIpc) is 2.95. The lowest BCUT2D eigenvalue weighted by Crippen LogP contribution is -1.98. The van der Waals surface area contributed by atoms with Gasteiger partial charge >= 0.3 is 5.97 Å². The highest BCUT2D eigenvalue weighted by atomic mass is 16.6. The number of cyclic esters (lactones) is 1. The molecule has 0 radical (unpaired) electrons. The summed E-state index contributed by atoms with van der Waals surface area (Å²) in [6.07, 6.45) is 1.52. The van der Waals surface area contributed by atoms with Gasteiger partial charge in [-0.3, -0.25) is 0 Å². The van der Waals surface area contributed by atoms with E-state index in [1.807, 2.05) is 6.07 Å². The van der Waals surface area contributed by atoms with Gasteiger partial charge in [-0.05, 0) is 17.7 Å². The Labute approximate surface area is 150 Å². The van der Waals surface area contributed by atoms with E-state index in [9.17, 15) is 9.90 Å². The monoisotopic (exact) mass is 354 g/mol. The lowest BCUT2D eigenvalue weighted by molar-refractivity contribution is -0.131. The predicted octanol–water partition coefficient (Wildman–Crippen LogP) is 3.58. The van der Waals surface area contributed by atoms with Gasteiger partial charge in [0.05, 0.1) is 21.3 Å². The molecule has 1 aliphatic heterocycles. The Hall–Kier alpha value is -3.41. The van der Waals surface area contributed by atoms with E-state index in [2.05, 4.69) is 0 Å². The fraction of sp³-hybridized carbons (Fsp3) is 0.150. The normalized spacial score (nSPS) is 15.2. The van der Waals surface area contributed by atoms with Crippen LogP contribution in [-0.4, -0.2) is 32.4 Å². The number of hydrogen-bond acceptors (Lipinski definition) is 6. The molecule has 6 heteroatoms. The number of ether oxygens (including phenoxy) is 4. The van der Waals surface area contributed by atoms with Gasteiger partial charge in [-0.15, -0.1) is 0 Å². The van der Waals surface area contributed by atoms with Crippen LogP contribution in [0.5, 0.6) is 17.2 Å². The molecule has 0 spiro atoms. The molecule has 1 heterocycles. The van der Waals surface area contributed by atoms with Crippen molar-refractivity contribution in [1.29, 1.82) is 0 Å². The molecule has 0 atom stereocenters. The van der Waals surface area contributed by atoms with Gasteiger partial charge in [0.15, 0.2) is 23.0 Å². The van der Waals surface area contributed by atoms with E-state index in [0.29, 0.717) is 28.4 Å². The first-order valence-electron chi connectivity index (χ1n) is 7.82. The Morgan fingerprint density at radius 3 is 2.15 bits per heavy atom. The van der Waals surface area contributed by atoms with Crippen LogP contribution in [-0.2, 0) is 9.53 Å². The largest absolute Gasteiger partial charge is 0.504 e. The highest BCUT2D eigenvalue weighted by molar-refractivity contribution is 6.20. The third-order valence-electron chi connectivity index (χ3n) is 3.96. The third-order valence-corrected chi connectivity index (χ3v) is 3.96. The van der Waals surface area contributed by atoms with E-state index in [0.717, 1.165) is 0 Å². The van der Waals surface area contributed by atoms with Crippen molar-refractivity contribution in [2.24, 2.45) is 0 Å². The number of rotatable bonds is 5. The molecule has 1 aliphatic rings. The Morgan fingerprint density at radius 2 is 1.54 bits per heavy atom. The second-order valence-electron chi connectivity index (χ2n) is 5.44. The molecule has 1 N–H and O–H groups in total. The minimum atomic E-state index is -0.612. The van der Waals surface area contributed by atoms with Crippen LogP contribution in [0.3, 0.4) is 0 Å². The molecule has 0 saturated heterocycles. The number of esters is 1. The molecule has 6 nitrogen and oxygen atoms in total. The molecule has 0 aromatic heterocycles. The van der Waals surface area contributed by atoms with Crippen LogP contribution in [0.4, 0.5) is 0 Å².